The maximum atomic E-state index is 12.0. The zero-order valence-corrected chi connectivity index (χ0v) is 12.6. The number of benzene rings is 1. The van der Waals surface area contributed by atoms with E-state index in [1.807, 2.05) is 0 Å². The molecule has 0 unspecified atom stereocenters. The predicted molar refractivity (Wildman–Crippen MR) is 74.4 cm³/mol. The van der Waals surface area contributed by atoms with Crippen LogP contribution in [0.15, 0.2) is 29.2 Å². The molecule has 112 valence electrons. The van der Waals surface area contributed by atoms with Gasteiger partial charge in [-0.1, -0.05) is 13.0 Å². The summed E-state index contributed by atoms with van der Waals surface area (Å²) >= 11 is 0. The van der Waals surface area contributed by atoms with Crippen LogP contribution in [0.2, 0.25) is 0 Å². The highest BCUT2D eigenvalue weighted by Gasteiger charge is 2.20. The van der Waals surface area contributed by atoms with E-state index in [2.05, 4.69) is 0 Å². The number of sulfone groups is 2. The van der Waals surface area contributed by atoms with E-state index in [4.69, 9.17) is 5.11 Å². The van der Waals surface area contributed by atoms with Crippen LogP contribution in [0, 0.1) is 0 Å². The summed E-state index contributed by atoms with van der Waals surface area (Å²) in [7, 11) is -7.21. The molecule has 0 aromatic heterocycles. The van der Waals surface area contributed by atoms with Crippen molar-refractivity contribution in [1.29, 1.82) is 0 Å². The van der Waals surface area contributed by atoms with E-state index in [0.717, 1.165) is 6.07 Å². The lowest BCUT2D eigenvalue weighted by molar-refractivity contribution is 0.0696. The highest BCUT2D eigenvalue weighted by Crippen LogP contribution is 2.14. The molecular weight excluding hydrogens is 304 g/mol. The molecule has 1 rings (SSSR count). The maximum absolute atomic E-state index is 12.0. The van der Waals surface area contributed by atoms with Crippen molar-refractivity contribution in [3.8, 4) is 0 Å². The fourth-order valence-corrected chi connectivity index (χ4v) is 5.14. The molecule has 1 N–H and O–H groups in total. The van der Waals surface area contributed by atoms with Crippen LogP contribution in [0.3, 0.4) is 0 Å². The molecule has 0 aliphatic rings. The zero-order valence-electron chi connectivity index (χ0n) is 10.9. The van der Waals surface area contributed by atoms with Crippen molar-refractivity contribution in [3.05, 3.63) is 29.8 Å². The Morgan fingerprint density at radius 1 is 1.10 bits per heavy atom. The number of hydrogen-bond donors (Lipinski definition) is 1. The van der Waals surface area contributed by atoms with Gasteiger partial charge in [-0.3, -0.25) is 0 Å². The number of rotatable bonds is 7. The van der Waals surface area contributed by atoms with Crippen molar-refractivity contribution < 1.29 is 26.7 Å². The summed E-state index contributed by atoms with van der Waals surface area (Å²) in [6.07, 6.45) is 0.427. The monoisotopic (exact) mass is 320 g/mol. The Balaban J connectivity index is 2.95. The first-order chi connectivity index (χ1) is 9.18. The number of carboxylic acids is 1. The topological polar surface area (TPSA) is 106 Å². The fourth-order valence-electron chi connectivity index (χ4n) is 1.59. The highest BCUT2D eigenvalue weighted by molar-refractivity contribution is 7.95. The second kappa shape index (κ2) is 6.36. The molecule has 0 heterocycles. The zero-order chi connectivity index (χ0) is 15.4. The Labute approximate surface area is 118 Å². The van der Waals surface area contributed by atoms with Crippen molar-refractivity contribution in [3.63, 3.8) is 0 Å². The lowest BCUT2D eigenvalue weighted by atomic mass is 10.2. The number of carboxylic acid groups (broad SMARTS) is 1. The van der Waals surface area contributed by atoms with Crippen molar-refractivity contribution in [2.45, 2.75) is 18.2 Å². The van der Waals surface area contributed by atoms with Crippen LogP contribution in [-0.2, 0) is 19.7 Å². The third kappa shape index (κ3) is 4.61. The van der Waals surface area contributed by atoms with Crippen LogP contribution in [0.4, 0.5) is 0 Å². The number of carbonyl (C=O) groups is 1. The third-order valence-corrected chi connectivity index (χ3v) is 6.45. The lowest BCUT2D eigenvalue weighted by Crippen LogP contribution is -2.19. The summed E-state index contributed by atoms with van der Waals surface area (Å²) in [4.78, 5) is 10.6. The first kappa shape index (κ1) is 16.6. The molecule has 0 saturated heterocycles. The molecule has 1 aromatic rings. The largest absolute Gasteiger partial charge is 0.478 e. The van der Waals surface area contributed by atoms with E-state index in [9.17, 15) is 21.6 Å². The quantitative estimate of drug-likeness (QED) is 0.803. The summed E-state index contributed by atoms with van der Waals surface area (Å²) in [5, 5.41) is 8.81. The van der Waals surface area contributed by atoms with Gasteiger partial charge in [0.05, 0.1) is 22.0 Å². The standard InChI is InChI=1S/C12H16O6S2/c1-2-6-19(15,16)7-8-20(17,18)11-5-3-4-10(9-11)12(13)14/h3-5,9H,2,6-8H2,1H3,(H,13,14). The second-order valence-electron chi connectivity index (χ2n) is 4.30. The molecule has 0 aliphatic heterocycles. The van der Waals surface area contributed by atoms with Crippen LogP contribution in [0.25, 0.3) is 0 Å². The first-order valence-corrected chi connectivity index (χ1v) is 9.42. The van der Waals surface area contributed by atoms with Gasteiger partial charge in [0.15, 0.2) is 19.7 Å². The molecule has 6 nitrogen and oxygen atoms in total. The van der Waals surface area contributed by atoms with Crippen molar-refractivity contribution in [2.24, 2.45) is 0 Å². The number of aromatic carboxylic acids is 1. The molecule has 0 fully saturated rings. The molecule has 0 saturated carbocycles. The van der Waals surface area contributed by atoms with Gasteiger partial charge in [-0.15, -0.1) is 0 Å². The normalized spacial score (nSPS) is 12.2. The van der Waals surface area contributed by atoms with E-state index in [-0.39, 0.29) is 16.2 Å². The van der Waals surface area contributed by atoms with Crippen LogP contribution in [0.1, 0.15) is 23.7 Å². The van der Waals surface area contributed by atoms with Gasteiger partial charge in [-0.2, -0.15) is 0 Å². The first-order valence-electron chi connectivity index (χ1n) is 5.94. The van der Waals surface area contributed by atoms with Crippen molar-refractivity contribution in [1.82, 2.24) is 0 Å². The van der Waals surface area contributed by atoms with Gasteiger partial charge in [-0.05, 0) is 24.6 Å². The van der Waals surface area contributed by atoms with Gasteiger partial charge < -0.3 is 5.11 Å². The molecule has 0 spiro atoms. The Bertz CT molecular complexity index is 688. The SMILES string of the molecule is CCCS(=O)(=O)CCS(=O)(=O)c1cccc(C(=O)O)c1. The van der Waals surface area contributed by atoms with E-state index >= 15 is 0 Å². The van der Waals surface area contributed by atoms with E-state index in [1.165, 1.54) is 18.2 Å². The summed E-state index contributed by atoms with van der Waals surface area (Å²) in [5.74, 6) is -2.29. The Morgan fingerprint density at radius 2 is 1.75 bits per heavy atom. The van der Waals surface area contributed by atoms with Gasteiger partial charge in [0.2, 0.25) is 0 Å². The summed E-state index contributed by atoms with van der Waals surface area (Å²) in [6.45, 7) is 1.70. The van der Waals surface area contributed by atoms with Crippen LogP contribution >= 0.6 is 0 Å². The van der Waals surface area contributed by atoms with E-state index in [0.29, 0.717) is 6.42 Å². The molecule has 0 atom stereocenters. The summed E-state index contributed by atoms with van der Waals surface area (Å²) < 4.78 is 47.1. The minimum Gasteiger partial charge on any atom is -0.478 e. The molecule has 0 radical (unpaired) electrons. The Kier molecular flexibility index (Phi) is 5.29. The van der Waals surface area contributed by atoms with Crippen molar-refractivity contribution >= 4 is 25.6 Å². The van der Waals surface area contributed by atoms with Crippen molar-refractivity contribution in [2.75, 3.05) is 17.3 Å². The van der Waals surface area contributed by atoms with Crippen LogP contribution in [0.5, 0.6) is 0 Å². The van der Waals surface area contributed by atoms with E-state index in [1.54, 1.807) is 6.92 Å². The summed E-state index contributed by atoms with van der Waals surface area (Å²) in [6, 6.07) is 4.88. The van der Waals surface area contributed by atoms with E-state index < -0.39 is 37.1 Å². The van der Waals surface area contributed by atoms with Crippen LogP contribution in [-0.4, -0.2) is 45.2 Å². The molecule has 8 heteroatoms. The fraction of sp³-hybridized carbons (Fsp3) is 0.417. The minimum atomic E-state index is -3.81. The molecule has 0 bridgehead atoms. The van der Waals surface area contributed by atoms with Gasteiger partial charge in [0.25, 0.3) is 0 Å². The highest BCUT2D eigenvalue weighted by atomic mass is 32.2. The Hall–Kier alpha value is -1.41. The average Bonchev–Trinajstić information content (AvgIpc) is 2.37. The van der Waals surface area contributed by atoms with Crippen LogP contribution < -0.4 is 0 Å². The van der Waals surface area contributed by atoms with Gasteiger partial charge in [0, 0.05) is 5.75 Å². The Morgan fingerprint density at radius 3 is 2.30 bits per heavy atom. The van der Waals surface area contributed by atoms with Gasteiger partial charge >= 0.3 is 5.97 Å². The molecule has 1 aromatic carbocycles. The predicted octanol–water partition coefficient (Wildman–Crippen LogP) is 0.983. The smallest absolute Gasteiger partial charge is 0.335 e. The third-order valence-electron chi connectivity index (χ3n) is 2.62. The maximum Gasteiger partial charge on any atom is 0.335 e. The molecule has 20 heavy (non-hydrogen) atoms. The average molecular weight is 320 g/mol. The molecule has 0 amide bonds. The molecule has 0 aliphatic carbocycles. The summed E-state index contributed by atoms with van der Waals surface area (Å²) in [5.41, 5.74) is -0.150. The van der Waals surface area contributed by atoms with Gasteiger partial charge in [-0.25, -0.2) is 21.6 Å². The number of hydrogen-bond acceptors (Lipinski definition) is 5. The second-order valence-corrected chi connectivity index (χ2v) is 8.72. The van der Waals surface area contributed by atoms with Gasteiger partial charge in [0.1, 0.15) is 0 Å². The molecular formula is C12H16O6S2. The lowest BCUT2D eigenvalue weighted by Gasteiger charge is -2.06. The minimum absolute atomic E-state index is 0.0579.